The van der Waals surface area contributed by atoms with Gasteiger partial charge in [0.05, 0.1) is 6.10 Å². The molecule has 158 valence electrons. The molecule has 0 radical (unpaired) electrons. The second kappa shape index (κ2) is 7.68. The van der Waals surface area contributed by atoms with Crippen LogP contribution in [-0.4, -0.2) is 52.6 Å². The maximum absolute atomic E-state index is 12.7. The van der Waals surface area contributed by atoms with Gasteiger partial charge in [-0.1, -0.05) is 0 Å². The summed E-state index contributed by atoms with van der Waals surface area (Å²) in [7, 11) is 0. The van der Waals surface area contributed by atoms with Gasteiger partial charge in [0.1, 0.15) is 18.4 Å². The molecule has 0 bridgehead atoms. The molecule has 1 saturated carbocycles. The molecule has 5 rings (SSSR count). The van der Waals surface area contributed by atoms with E-state index in [9.17, 15) is 14.7 Å². The van der Waals surface area contributed by atoms with E-state index in [-0.39, 0.29) is 36.7 Å². The number of pyridine rings is 1. The number of aliphatic hydroxyl groups excluding tert-OH is 1. The number of ether oxygens (including phenoxy) is 3. The fraction of sp³-hybridized carbons (Fsp3) is 0.455. The van der Waals surface area contributed by atoms with Crippen molar-refractivity contribution in [2.24, 2.45) is 11.8 Å². The first-order chi connectivity index (χ1) is 14.5. The number of benzene rings is 1. The summed E-state index contributed by atoms with van der Waals surface area (Å²) < 4.78 is 18.5. The predicted molar refractivity (Wildman–Crippen MR) is 106 cm³/mol. The van der Waals surface area contributed by atoms with E-state index >= 15 is 0 Å². The van der Waals surface area contributed by atoms with Gasteiger partial charge in [0.2, 0.25) is 12.7 Å². The number of rotatable bonds is 4. The average Bonchev–Trinajstić information content (AvgIpc) is 3.36. The Hall–Kier alpha value is -3.00. The number of nitrogens with zero attached hydrogens (tertiary/aromatic N) is 2. The molecule has 3 aliphatic rings. The minimum absolute atomic E-state index is 0.0239. The van der Waals surface area contributed by atoms with Crippen LogP contribution in [0.3, 0.4) is 0 Å². The Morgan fingerprint density at radius 3 is 2.60 bits per heavy atom. The molecule has 3 heterocycles. The number of aromatic nitrogens is 1. The maximum Gasteiger partial charge on any atom is 0.242 e. The van der Waals surface area contributed by atoms with E-state index in [1.807, 2.05) is 17.0 Å². The van der Waals surface area contributed by atoms with Crippen molar-refractivity contribution in [2.45, 2.75) is 31.6 Å². The number of hydrogen-bond acceptors (Lipinski definition) is 6. The van der Waals surface area contributed by atoms with Gasteiger partial charge in [0, 0.05) is 43.7 Å². The van der Waals surface area contributed by atoms with Crippen LogP contribution in [-0.2, 0) is 11.3 Å². The number of likely N-dealkylation sites (tertiary alicyclic amines) is 1. The van der Waals surface area contributed by atoms with Crippen LogP contribution in [0.5, 0.6) is 17.2 Å². The molecule has 8 nitrogen and oxygen atoms in total. The van der Waals surface area contributed by atoms with Gasteiger partial charge in [-0.25, -0.2) is 0 Å². The van der Waals surface area contributed by atoms with Gasteiger partial charge in [-0.3, -0.25) is 9.59 Å². The van der Waals surface area contributed by atoms with Gasteiger partial charge in [0.25, 0.3) is 0 Å². The van der Waals surface area contributed by atoms with Crippen LogP contribution >= 0.6 is 0 Å². The molecular formula is C22H24N2O6. The van der Waals surface area contributed by atoms with Crippen LogP contribution in [0.2, 0.25) is 0 Å². The monoisotopic (exact) mass is 412 g/mol. The topological polar surface area (TPSA) is 90.2 Å². The quantitative estimate of drug-likeness (QED) is 0.813. The standard InChI is InChI=1S/C22H24N2O6/c25-16-3-5-23(6-4-16)12-22(27)24-10-14-7-18(26)20(8-15(14)11-24)30-17-1-2-19-21(9-17)29-13-28-19/h1-6,9,14-15,18,20,26H,7-8,10-13H2/t14-,15+,18+,20+/m0/s1. The summed E-state index contributed by atoms with van der Waals surface area (Å²) in [5.74, 6) is 2.58. The minimum Gasteiger partial charge on any atom is -0.488 e. The third-order valence-corrected chi connectivity index (χ3v) is 6.25. The van der Waals surface area contributed by atoms with E-state index in [4.69, 9.17) is 14.2 Å². The summed E-state index contributed by atoms with van der Waals surface area (Å²) in [5, 5.41) is 10.6. The average molecular weight is 412 g/mol. The van der Waals surface area contributed by atoms with Crippen molar-refractivity contribution in [3.8, 4) is 17.2 Å². The molecule has 2 fully saturated rings. The number of aliphatic hydroxyl groups is 1. The van der Waals surface area contributed by atoms with Crippen molar-refractivity contribution < 1.29 is 24.1 Å². The van der Waals surface area contributed by atoms with Crippen LogP contribution in [0.25, 0.3) is 0 Å². The van der Waals surface area contributed by atoms with E-state index in [1.54, 1.807) is 23.0 Å². The van der Waals surface area contributed by atoms with Crippen LogP contribution in [0.4, 0.5) is 0 Å². The van der Waals surface area contributed by atoms with Gasteiger partial charge in [-0.2, -0.15) is 0 Å². The molecule has 1 aromatic heterocycles. The third-order valence-electron chi connectivity index (χ3n) is 6.25. The summed E-state index contributed by atoms with van der Waals surface area (Å²) in [4.78, 5) is 25.8. The lowest BCUT2D eigenvalue weighted by Gasteiger charge is -2.35. The number of carbonyl (C=O) groups is 1. The zero-order chi connectivity index (χ0) is 20.7. The van der Waals surface area contributed by atoms with Crippen LogP contribution in [0.1, 0.15) is 12.8 Å². The van der Waals surface area contributed by atoms with Gasteiger partial charge >= 0.3 is 0 Å². The molecular weight excluding hydrogens is 388 g/mol. The summed E-state index contributed by atoms with van der Waals surface area (Å²) in [6.07, 6.45) is 3.67. The molecule has 1 N–H and O–H groups in total. The van der Waals surface area contributed by atoms with E-state index in [1.165, 1.54) is 12.1 Å². The van der Waals surface area contributed by atoms with Crippen molar-refractivity contribution in [3.63, 3.8) is 0 Å². The van der Waals surface area contributed by atoms with E-state index in [0.29, 0.717) is 49.1 Å². The zero-order valence-corrected chi connectivity index (χ0v) is 16.5. The Labute approximate surface area is 173 Å². The van der Waals surface area contributed by atoms with Crippen molar-refractivity contribution in [1.29, 1.82) is 0 Å². The summed E-state index contributed by atoms with van der Waals surface area (Å²) in [6.45, 7) is 1.73. The Kier molecular flexibility index (Phi) is 4.86. The van der Waals surface area contributed by atoms with E-state index in [2.05, 4.69) is 0 Å². The Morgan fingerprint density at radius 1 is 1.07 bits per heavy atom. The number of hydrogen-bond donors (Lipinski definition) is 1. The zero-order valence-electron chi connectivity index (χ0n) is 16.5. The largest absolute Gasteiger partial charge is 0.488 e. The van der Waals surface area contributed by atoms with Crippen molar-refractivity contribution in [1.82, 2.24) is 9.47 Å². The Balaban J connectivity index is 1.21. The molecule has 0 unspecified atom stereocenters. The van der Waals surface area contributed by atoms with Crippen LogP contribution < -0.4 is 19.6 Å². The molecule has 0 spiro atoms. The molecule has 1 amide bonds. The molecule has 1 aromatic carbocycles. The molecule has 2 aliphatic heterocycles. The predicted octanol–water partition coefficient (Wildman–Crippen LogP) is 1.25. The molecule has 1 aliphatic carbocycles. The highest BCUT2D eigenvalue weighted by atomic mass is 16.7. The fourth-order valence-corrected chi connectivity index (χ4v) is 4.65. The smallest absolute Gasteiger partial charge is 0.242 e. The lowest BCUT2D eigenvalue weighted by Crippen LogP contribution is -2.42. The second-order valence-corrected chi connectivity index (χ2v) is 8.24. The summed E-state index contributed by atoms with van der Waals surface area (Å²) in [6, 6.07) is 8.32. The van der Waals surface area contributed by atoms with Gasteiger partial charge in [-0.05, 0) is 36.8 Å². The highest BCUT2D eigenvalue weighted by Crippen LogP contribution is 2.40. The maximum atomic E-state index is 12.7. The third kappa shape index (κ3) is 3.75. The van der Waals surface area contributed by atoms with Crippen molar-refractivity contribution in [3.05, 3.63) is 52.9 Å². The highest BCUT2D eigenvalue weighted by Gasteiger charge is 2.43. The van der Waals surface area contributed by atoms with Gasteiger partial charge in [0.15, 0.2) is 16.9 Å². The summed E-state index contributed by atoms with van der Waals surface area (Å²) >= 11 is 0. The first kappa shape index (κ1) is 19.0. The minimum atomic E-state index is -0.578. The number of carbonyl (C=O) groups excluding carboxylic acids is 1. The van der Waals surface area contributed by atoms with Crippen molar-refractivity contribution >= 4 is 5.91 Å². The van der Waals surface area contributed by atoms with Crippen LogP contribution in [0, 0.1) is 11.8 Å². The van der Waals surface area contributed by atoms with Gasteiger partial charge in [-0.15, -0.1) is 0 Å². The fourth-order valence-electron chi connectivity index (χ4n) is 4.65. The Morgan fingerprint density at radius 2 is 1.80 bits per heavy atom. The summed E-state index contributed by atoms with van der Waals surface area (Å²) in [5.41, 5.74) is -0.0756. The van der Waals surface area contributed by atoms with Crippen LogP contribution in [0.15, 0.2) is 47.5 Å². The van der Waals surface area contributed by atoms with Gasteiger partial charge < -0.3 is 28.8 Å². The number of amides is 1. The van der Waals surface area contributed by atoms with Crippen molar-refractivity contribution in [2.75, 3.05) is 19.9 Å². The highest BCUT2D eigenvalue weighted by molar-refractivity contribution is 5.76. The molecule has 30 heavy (non-hydrogen) atoms. The molecule has 4 atom stereocenters. The Bertz CT molecular complexity index is 985. The lowest BCUT2D eigenvalue weighted by molar-refractivity contribution is -0.131. The SMILES string of the molecule is O=C(Cn1ccc(=O)cc1)N1C[C@H]2C[C@@H](Oc3ccc4c(c3)OCO4)[C@H](O)C[C@H]2C1. The molecule has 8 heteroatoms. The second-order valence-electron chi connectivity index (χ2n) is 8.24. The van der Waals surface area contributed by atoms with E-state index in [0.717, 1.165) is 0 Å². The molecule has 2 aromatic rings. The van der Waals surface area contributed by atoms with E-state index < -0.39 is 6.10 Å². The lowest BCUT2D eigenvalue weighted by atomic mass is 9.78. The molecule has 1 saturated heterocycles. The first-order valence-corrected chi connectivity index (χ1v) is 10.2. The normalized spacial score (nSPS) is 27.0. The number of fused-ring (bicyclic) bond motifs is 2. The first-order valence-electron chi connectivity index (χ1n) is 10.2.